The van der Waals surface area contributed by atoms with Crippen LogP contribution in [-0.2, 0) is 0 Å². The lowest BCUT2D eigenvalue weighted by molar-refractivity contribution is 0.226. The molecule has 1 heteroatoms. The van der Waals surface area contributed by atoms with Crippen LogP contribution in [0.15, 0.2) is 0 Å². The summed E-state index contributed by atoms with van der Waals surface area (Å²) in [6.07, 6.45) is 1.32. The van der Waals surface area contributed by atoms with Gasteiger partial charge in [-0.1, -0.05) is 53.7 Å². The largest absolute Gasteiger partial charge is 0.121 e. The highest BCUT2D eigenvalue weighted by atomic mass is 14.3. The van der Waals surface area contributed by atoms with E-state index < -0.39 is 0 Å². The first kappa shape index (κ1) is 11.1. The molecule has 0 amide bonds. The minimum absolute atomic E-state index is 0.517. The highest BCUT2D eigenvalue weighted by Gasteiger charge is 2.29. The smallest absolute Gasteiger partial charge is 0.0891 e. The zero-order chi connectivity index (χ0) is 9.07. The molecule has 0 rings (SSSR count). The van der Waals surface area contributed by atoms with Gasteiger partial charge in [0.1, 0.15) is 7.28 Å². The van der Waals surface area contributed by atoms with Gasteiger partial charge in [-0.25, -0.2) is 0 Å². The number of rotatable bonds is 4. The van der Waals surface area contributed by atoms with E-state index in [0.29, 0.717) is 5.41 Å². The second-order valence-corrected chi connectivity index (χ2v) is 4.49. The van der Waals surface area contributed by atoms with E-state index in [4.69, 9.17) is 0 Å². The maximum absolute atomic E-state index is 2.40. The van der Waals surface area contributed by atoms with Crippen LogP contribution in [0.3, 0.4) is 0 Å². The molecule has 1 atom stereocenters. The molecule has 0 N–H and O–H groups in total. The van der Waals surface area contributed by atoms with Gasteiger partial charge in [0.15, 0.2) is 0 Å². The van der Waals surface area contributed by atoms with E-state index in [1.54, 1.807) is 0 Å². The monoisotopic (exact) mass is 154 g/mol. The van der Waals surface area contributed by atoms with Crippen LogP contribution in [0.2, 0.25) is 12.6 Å². The lowest BCUT2D eigenvalue weighted by Crippen LogP contribution is -2.27. The van der Waals surface area contributed by atoms with Gasteiger partial charge in [-0.2, -0.15) is 0 Å². The van der Waals surface area contributed by atoms with Crippen LogP contribution in [0.5, 0.6) is 0 Å². The summed E-state index contributed by atoms with van der Waals surface area (Å²) in [6, 6.07) is 0. The predicted molar refractivity (Wildman–Crippen MR) is 55.7 cm³/mol. The van der Waals surface area contributed by atoms with Crippen molar-refractivity contribution in [2.45, 2.75) is 53.7 Å². The molecule has 11 heavy (non-hydrogen) atoms. The molecule has 0 aliphatic rings. The van der Waals surface area contributed by atoms with Gasteiger partial charge < -0.3 is 0 Å². The molecule has 0 aliphatic carbocycles. The fourth-order valence-corrected chi connectivity index (χ4v) is 1.81. The van der Waals surface area contributed by atoms with Gasteiger partial charge in [-0.05, 0) is 11.3 Å². The lowest BCUT2D eigenvalue weighted by atomic mass is 9.52. The Morgan fingerprint density at radius 3 is 1.82 bits per heavy atom. The molecule has 1 unspecified atom stereocenters. The first-order valence-corrected chi connectivity index (χ1v) is 4.96. The Labute approximate surface area is 73.0 Å². The van der Waals surface area contributed by atoms with Crippen molar-refractivity contribution in [3.63, 3.8) is 0 Å². The normalized spacial score (nSPS) is 15.2. The Balaban J connectivity index is 4.24. The van der Waals surface area contributed by atoms with Crippen molar-refractivity contribution in [3.05, 3.63) is 0 Å². The van der Waals surface area contributed by atoms with Gasteiger partial charge in [0.2, 0.25) is 0 Å². The summed E-state index contributed by atoms with van der Waals surface area (Å²) in [5.41, 5.74) is 0.517. The second-order valence-electron chi connectivity index (χ2n) is 4.49. The Hall–Kier alpha value is 0.0649. The van der Waals surface area contributed by atoms with Crippen molar-refractivity contribution in [2.75, 3.05) is 0 Å². The quantitative estimate of drug-likeness (QED) is 0.544. The highest BCUT2D eigenvalue weighted by Crippen LogP contribution is 2.40. The molecular weight excluding hydrogens is 131 g/mol. The Kier molecular flexibility index (Phi) is 4.21. The van der Waals surface area contributed by atoms with E-state index in [-0.39, 0.29) is 0 Å². The molecular formula is C10H23B. The van der Waals surface area contributed by atoms with E-state index in [1.165, 1.54) is 13.7 Å². The summed E-state index contributed by atoms with van der Waals surface area (Å²) in [5, 5.41) is 0. The van der Waals surface area contributed by atoms with Crippen molar-refractivity contribution >= 4 is 7.28 Å². The van der Waals surface area contributed by atoms with Gasteiger partial charge in [-0.15, -0.1) is 0 Å². The molecule has 0 fully saturated rings. The first-order chi connectivity index (χ1) is 4.96. The van der Waals surface area contributed by atoms with Crippen LogP contribution in [-0.4, -0.2) is 7.28 Å². The van der Waals surface area contributed by atoms with Gasteiger partial charge in [0.05, 0.1) is 0 Å². The maximum Gasteiger partial charge on any atom is 0.121 e. The summed E-state index contributed by atoms with van der Waals surface area (Å²) >= 11 is 0. The van der Waals surface area contributed by atoms with Crippen LogP contribution >= 0.6 is 0 Å². The van der Waals surface area contributed by atoms with E-state index in [0.717, 1.165) is 11.7 Å². The van der Waals surface area contributed by atoms with Crippen molar-refractivity contribution in [3.8, 4) is 0 Å². The van der Waals surface area contributed by atoms with Crippen molar-refractivity contribution < 1.29 is 0 Å². The zero-order valence-electron chi connectivity index (χ0n) is 9.07. The molecule has 0 saturated heterocycles. The SMILES string of the molecule is CBC(CC)C(C)(C)C(C)C. The molecule has 0 nitrogen and oxygen atoms in total. The number of hydrogen-bond donors (Lipinski definition) is 0. The van der Waals surface area contributed by atoms with Gasteiger partial charge in [0, 0.05) is 0 Å². The first-order valence-electron chi connectivity index (χ1n) is 4.96. The summed E-state index contributed by atoms with van der Waals surface area (Å²) < 4.78 is 0. The molecule has 0 aromatic rings. The number of hydrogen-bond acceptors (Lipinski definition) is 0. The fourth-order valence-electron chi connectivity index (χ4n) is 1.81. The van der Waals surface area contributed by atoms with E-state index in [1.807, 2.05) is 0 Å². The van der Waals surface area contributed by atoms with E-state index in [9.17, 15) is 0 Å². The lowest BCUT2D eigenvalue weighted by Gasteiger charge is -2.37. The summed E-state index contributed by atoms with van der Waals surface area (Å²) in [4.78, 5) is 0. The van der Waals surface area contributed by atoms with E-state index in [2.05, 4.69) is 41.4 Å². The van der Waals surface area contributed by atoms with E-state index >= 15 is 0 Å². The molecule has 0 aliphatic heterocycles. The summed E-state index contributed by atoms with van der Waals surface area (Å²) in [6.45, 7) is 14.1. The van der Waals surface area contributed by atoms with Crippen molar-refractivity contribution in [2.24, 2.45) is 11.3 Å². The fraction of sp³-hybridized carbons (Fsp3) is 1.00. The third kappa shape index (κ3) is 2.54. The Morgan fingerprint density at radius 1 is 1.27 bits per heavy atom. The summed E-state index contributed by atoms with van der Waals surface area (Å²) in [7, 11) is 1.32. The van der Waals surface area contributed by atoms with Crippen LogP contribution in [0.1, 0.15) is 41.0 Å². The van der Waals surface area contributed by atoms with Crippen molar-refractivity contribution in [1.82, 2.24) is 0 Å². The predicted octanol–water partition coefficient (Wildman–Crippen LogP) is 3.35. The summed E-state index contributed by atoms with van der Waals surface area (Å²) in [5.74, 6) is 1.69. The van der Waals surface area contributed by atoms with Crippen molar-refractivity contribution in [1.29, 1.82) is 0 Å². The van der Waals surface area contributed by atoms with Crippen LogP contribution in [0.25, 0.3) is 0 Å². The van der Waals surface area contributed by atoms with Gasteiger partial charge in [-0.3, -0.25) is 0 Å². The topological polar surface area (TPSA) is 0 Å². The highest BCUT2D eigenvalue weighted by molar-refractivity contribution is 6.35. The van der Waals surface area contributed by atoms with Gasteiger partial charge in [0.25, 0.3) is 0 Å². The maximum atomic E-state index is 2.40. The van der Waals surface area contributed by atoms with Gasteiger partial charge >= 0.3 is 0 Å². The average molecular weight is 154 g/mol. The second kappa shape index (κ2) is 4.18. The average Bonchev–Trinajstić information content (AvgIpc) is 1.89. The molecule has 0 heterocycles. The molecule has 0 aromatic carbocycles. The molecule has 66 valence electrons. The third-order valence-corrected chi connectivity index (χ3v) is 3.53. The molecule has 0 saturated carbocycles. The molecule has 0 bridgehead atoms. The Bertz CT molecular complexity index is 101. The minimum atomic E-state index is 0.517. The van der Waals surface area contributed by atoms with Crippen LogP contribution in [0.4, 0.5) is 0 Å². The van der Waals surface area contributed by atoms with Crippen LogP contribution < -0.4 is 0 Å². The molecule has 0 spiro atoms. The zero-order valence-corrected chi connectivity index (χ0v) is 9.07. The van der Waals surface area contributed by atoms with Crippen LogP contribution in [0, 0.1) is 11.3 Å². The third-order valence-electron chi connectivity index (χ3n) is 3.53. The molecule has 0 aromatic heterocycles. The Morgan fingerprint density at radius 2 is 1.73 bits per heavy atom. The standard InChI is InChI=1S/C10H23B/c1-7-9(11-6)10(4,5)8(2)3/h8-9,11H,7H2,1-6H3. The molecule has 0 radical (unpaired) electrons. The minimum Gasteiger partial charge on any atom is -0.0891 e.